The lowest BCUT2D eigenvalue weighted by atomic mass is 9.86. The molecule has 1 heterocycles. The number of ketones is 1. The molecule has 1 saturated heterocycles. The molecule has 0 aromatic heterocycles. The van der Waals surface area contributed by atoms with Crippen LogP contribution < -0.4 is 21.3 Å². The standard InChI is InChI=1S/C34H40Cl2N4O6/c1-19(2)16-27(31(43)39-26(17-21-12-15-37-30(21)42)28(41)32(44)38-25-10-11-25)40-33(45)46-29(20-6-8-23(35)9-7-20)34(13-14-34)22-4-3-5-24(36)18-22/h3-9,18-19,21,25-27,29H,10-17H2,1-2H3,(H,37,42)(H,38,44)(H,39,43)(H,40,45)/t21-,26-,27-,29?/m0/s1. The molecule has 2 saturated carbocycles. The van der Waals surface area contributed by atoms with Crippen LogP contribution in [-0.2, 0) is 29.3 Å². The van der Waals surface area contributed by atoms with E-state index in [1.807, 2.05) is 44.2 Å². The van der Waals surface area contributed by atoms with Gasteiger partial charge in [-0.2, -0.15) is 0 Å². The van der Waals surface area contributed by atoms with Gasteiger partial charge in [0.05, 0.1) is 6.04 Å². The first-order chi connectivity index (χ1) is 21.9. The van der Waals surface area contributed by atoms with Crippen LogP contribution in [0.4, 0.5) is 4.79 Å². The topological polar surface area (TPSA) is 143 Å². The van der Waals surface area contributed by atoms with Gasteiger partial charge in [0.15, 0.2) is 0 Å². The van der Waals surface area contributed by atoms with Gasteiger partial charge in [-0.15, -0.1) is 0 Å². The quantitative estimate of drug-likeness (QED) is 0.213. The van der Waals surface area contributed by atoms with Crippen molar-refractivity contribution in [2.45, 2.75) is 88.4 Å². The lowest BCUT2D eigenvalue weighted by Crippen LogP contribution is -2.55. The Morgan fingerprint density at radius 3 is 2.26 bits per heavy atom. The summed E-state index contributed by atoms with van der Waals surface area (Å²) in [4.78, 5) is 65.5. The number of alkyl carbamates (subject to hydrolysis) is 1. The predicted octanol–water partition coefficient (Wildman–Crippen LogP) is 4.77. The number of hydrogen-bond donors (Lipinski definition) is 4. The van der Waals surface area contributed by atoms with Crippen LogP contribution in [-0.4, -0.2) is 54.3 Å². The zero-order chi connectivity index (χ0) is 33.0. The van der Waals surface area contributed by atoms with Crippen molar-refractivity contribution in [2.24, 2.45) is 11.8 Å². The van der Waals surface area contributed by atoms with Crippen LogP contribution in [0.3, 0.4) is 0 Å². The molecule has 0 radical (unpaired) electrons. The van der Waals surface area contributed by atoms with E-state index < -0.39 is 53.2 Å². The molecule has 2 aromatic carbocycles. The molecule has 2 aliphatic carbocycles. The average Bonchev–Trinajstić information content (AvgIpc) is 3.95. The number of nitrogens with one attached hydrogen (secondary N) is 4. The molecular formula is C34H40Cl2N4O6. The first kappa shape index (κ1) is 33.7. The van der Waals surface area contributed by atoms with Gasteiger partial charge in [0.1, 0.15) is 12.1 Å². The molecule has 1 aliphatic heterocycles. The minimum absolute atomic E-state index is 0.0164. The number of hydrogen-bond acceptors (Lipinski definition) is 6. The maximum Gasteiger partial charge on any atom is 0.408 e. The minimum atomic E-state index is -1.23. The third-order valence-corrected chi connectivity index (χ3v) is 9.34. The molecular weight excluding hydrogens is 631 g/mol. The molecule has 3 fully saturated rings. The summed E-state index contributed by atoms with van der Waals surface area (Å²) in [6.45, 7) is 4.26. The normalized spacial score (nSPS) is 20.2. The molecule has 0 bridgehead atoms. The Morgan fingerprint density at radius 2 is 1.67 bits per heavy atom. The molecule has 46 heavy (non-hydrogen) atoms. The van der Waals surface area contributed by atoms with E-state index in [9.17, 15) is 24.0 Å². The number of carbonyl (C=O) groups is 5. The Balaban J connectivity index is 1.34. The molecule has 2 aromatic rings. The summed E-state index contributed by atoms with van der Waals surface area (Å²) in [5.74, 6) is -3.01. The summed E-state index contributed by atoms with van der Waals surface area (Å²) in [5, 5.41) is 11.9. The fourth-order valence-electron chi connectivity index (χ4n) is 6.06. The maximum atomic E-state index is 13.7. The van der Waals surface area contributed by atoms with Crippen LogP contribution in [0.5, 0.6) is 0 Å². The van der Waals surface area contributed by atoms with Crippen molar-refractivity contribution in [3.8, 4) is 0 Å². The van der Waals surface area contributed by atoms with E-state index in [2.05, 4.69) is 21.3 Å². The highest BCUT2D eigenvalue weighted by molar-refractivity contribution is 6.38. The first-order valence-corrected chi connectivity index (χ1v) is 16.6. The van der Waals surface area contributed by atoms with Gasteiger partial charge in [-0.3, -0.25) is 19.2 Å². The minimum Gasteiger partial charge on any atom is -0.440 e. The molecule has 10 nitrogen and oxygen atoms in total. The zero-order valence-electron chi connectivity index (χ0n) is 25.9. The van der Waals surface area contributed by atoms with Crippen molar-refractivity contribution in [1.29, 1.82) is 0 Å². The average molecular weight is 672 g/mol. The lowest BCUT2D eigenvalue weighted by molar-refractivity contribution is -0.141. The molecule has 1 unspecified atom stereocenters. The molecule has 3 aliphatic rings. The second-order valence-corrected chi connectivity index (χ2v) is 13.9. The van der Waals surface area contributed by atoms with Crippen molar-refractivity contribution in [1.82, 2.24) is 21.3 Å². The SMILES string of the molecule is CC(C)C[C@H](NC(=O)OC(c1ccc(Cl)cc1)C1(c2cccc(Cl)c2)CC1)C(=O)N[C@@H](C[C@@H]1CCNC1=O)C(=O)C(=O)NC1CC1. The van der Waals surface area contributed by atoms with Crippen LogP contribution in [0.1, 0.15) is 76.0 Å². The summed E-state index contributed by atoms with van der Waals surface area (Å²) in [7, 11) is 0. The van der Waals surface area contributed by atoms with E-state index in [0.717, 1.165) is 36.8 Å². The third kappa shape index (κ3) is 8.39. The third-order valence-electron chi connectivity index (χ3n) is 8.86. The number of ether oxygens (including phenoxy) is 1. The number of amides is 4. The molecule has 4 N–H and O–H groups in total. The van der Waals surface area contributed by atoms with Crippen molar-refractivity contribution in [3.63, 3.8) is 0 Å². The second kappa shape index (κ2) is 14.4. The molecule has 12 heteroatoms. The van der Waals surface area contributed by atoms with Gasteiger partial charge < -0.3 is 26.0 Å². The van der Waals surface area contributed by atoms with Crippen LogP contribution >= 0.6 is 23.2 Å². The number of benzene rings is 2. The van der Waals surface area contributed by atoms with Gasteiger partial charge >= 0.3 is 6.09 Å². The van der Waals surface area contributed by atoms with Crippen LogP contribution in [0.25, 0.3) is 0 Å². The Labute approximate surface area is 278 Å². The highest BCUT2D eigenvalue weighted by atomic mass is 35.5. The van der Waals surface area contributed by atoms with E-state index in [0.29, 0.717) is 23.0 Å². The monoisotopic (exact) mass is 670 g/mol. The van der Waals surface area contributed by atoms with Gasteiger partial charge in [0.25, 0.3) is 5.91 Å². The number of rotatable bonds is 14. The van der Waals surface area contributed by atoms with E-state index in [1.165, 1.54) is 0 Å². The largest absolute Gasteiger partial charge is 0.440 e. The van der Waals surface area contributed by atoms with Crippen LogP contribution in [0, 0.1) is 11.8 Å². The number of halogens is 2. The van der Waals surface area contributed by atoms with Crippen molar-refractivity contribution in [3.05, 3.63) is 69.7 Å². The second-order valence-electron chi connectivity index (χ2n) is 13.0. The predicted molar refractivity (Wildman–Crippen MR) is 173 cm³/mol. The molecule has 4 amide bonds. The Bertz CT molecular complexity index is 1470. The fourth-order valence-corrected chi connectivity index (χ4v) is 6.38. The van der Waals surface area contributed by atoms with E-state index in [-0.39, 0.29) is 30.7 Å². The van der Waals surface area contributed by atoms with Gasteiger partial charge in [-0.25, -0.2) is 4.79 Å². The molecule has 246 valence electrons. The summed E-state index contributed by atoms with van der Waals surface area (Å²) >= 11 is 12.5. The molecule has 0 spiro atoms. The molecule has 4 atom stereocenters. The van der Waals surface area contributed by atoms with Crippen molar-refractivity contribution >= 4 is 52.8 Å². The van der Waals surface area contributed by atoms with E-state index in [4.69, 9.17) is 27.9 Å². The fraction of sp³-hybridized carbons (Fsp3) is 0.500. The van der Waals surface area contributed by atoms with Gasteiger partial charge in [-0.1, -0.05) is 61.3 Å². The van der Waals surface area contributed by atoms with Gasteiger partial charge in [0.2, 0.25) is 17.6 Å². The van der Waals surface area contributed by atoms with E-state index in [1.54, 1.807) is 18.2 Å². The van der Waals surface area contributed by atoms with Gasteiger partial charge in [-0.05, 0) is 86.3 Å². The highest BCUT2D eigenvalue weighted by Gasteiger charge is 2.54. The Hall–Kier alpha value is -3.63. The number of carbonyl (C=O) groups excluding carboxylic acids is 5. The summed E-state index contributed by atoms with van der Waals surface area (Å²) in [6.07, 6.45) is 2.29. The zero-order valence-corrected chi connectivity index (χ0v) is 27.5. The smallest absolute Gasteiger partial charge is 0.408 e. The Kier molecular flexibility index (Phi) is 10.6. The van der Waals surface area contributed by atoms with E-state index >= 15 is 0 Å². The lowest BCUT2D eigenvalue weighted by Gasteiger charge is -2.30. The van der Waals surface area contributed by atoms with Gasteiger partial charge in [0, 0.05) is 34.0 Å². The van der Waals surface area contributed by atoms with Crippen molar-refractivity contribution < 1.29 is 28.7 Å². The summed E-state index contributed by atoms with van der Waals surface area (Å²) in [5.41, 5.74) is 1.16. The van der Waals surface area contributed by atoms with Crippen LogP contribution in [0.15, 0.2) is 48.5 Å². The molecule has 5 rings (SSSR count). The van der Waals surface area contributed by atoms with Crippen LogP contribution in [0.2, 0.25) is 10.0 Å². The summed E-state index contributed by atoms with van der Waals surface area (Å²) in [6, 6.07) is 12.2. The Morgan fingerprint density at radius 1 is 0.957 bits per heavy atom. The van der Waals surface area contributed by atoms with Crippen molar-refractivity contribution in [2.75, 3.05) is 6.54 Å². The first-order valence-electron chi connectivity index (χ1n) is 15.9. The highest BCUT2D eigenvalue weighted by Crippen LogP contribution is 2.58. The maximum absolute atomic E-state index is 13.7. The summed E-state index contributed by atoms with van der Waals surface area (Å²) < 4.78 is 6.12. The number of Topliss-reactive ketones (excluding diaryl/α,β-unsaturated/α-hetero) is 1.